The van der Waals surface area contributed by atoms with Crippen LogP contribution < -0.4 is 20.3 Å². The average molecular weight is 486 g/mol. The normalized spacial score (nSPS) is 15.5. The van der Waals surface area contributed by atoms with Crippen LogP contribution in [0, 0.1) is 0 Å². The van der Waals surface area contributed by atoms with Gasteiger partial charge in [0.25, 0.3) is 11.3 Å². The summed E-state index contributed by atoms with van der Waals surface area (Å²) in [5.74, 6) is 0.726. The fourth-order valence-electron chi connectivity index (χ4n) is 4.63. The van der Waals surface area contributed by atoms with Crippen LogP contribution in [0.4, 0.5) is 5.69 Å². The molecule has 1 amide bonds. The lowest BCUT2D eigenvalue weighted by Crippen LogP contribution is -2.34. The lowest BCUT2D eigenvalue weighted by atomic mass is 10.2. The Morgan fingerprint density at radius 2 is 1.71 bits per heavy atom. The summed E-state index contributed by atoms with van der Waals surface area (Å²) in [5, 5.41) is 3.92. The standard InChI is InChI=1S/C27H23N3O4S/c31-24(28-18-12-13-22-23(16-18)34-27(33-22)14-6-7-15-27)17-35-26-29-21-11-5-4-10-20(21)25(32)30(26)19-8-2-1-3-9-19/h1-5,8-13,16H,6-7,14-15,17H2,(H,28,31). The van der Waals surface area contributed by atoms with Gasteiger partial charge < -0.3 is 14.8 Å². The summed E-state index contributed by atoms with van der Waals surface area (Å²) in [6, 6.07) is 22.0. The van der Waals surface area contributed by atoms with Crippen LogP contribution in [0.1, 0.15) is 25.7 Å². The molecule has 1 aromatic heterocycles. The van der Waals surface area contributed by atoms with Gasteiger partial charge in [-0.25, -0.2) is 4.98 Å². The Hall–Kier alpha value is -3.78. The monoisotopic (exact) mass is 485 g/mol. The zero-order valence-corrected chi connectivity index (χ0v) is 19.7. The molecule has 2 heterocycles. The molecule has 8 heteroatoms. The van der Waals surface area contributed by atoms with E-state index in [4.69, 9.17) is 9.47 Å². The third-order valence-electron chi connectivity index (χ3n) is 6.28. The number of carbonyl (C=O) groups excluding carboxylic acids is 1. The number of thioether (sulfide) groups is 1. The molecule has 0 bridgehead atoms. The maximum Gasteiger partial charge on any atom is 0.266 e. The van der Waals surface area contributed by atoms with E-state index in [9.17, 15) is 9.59 Å². The molecule has 2 aliphatic rings. The van der Waals surface area contributed by atoms with Crippen molar-refractivity contribution in [2.75, 3.05) is 11.1 Å². The number of hydrogen-bond acceptors (Lipinski definition) is 6. The van der Waals surface area contributed by atoms with Crippen molar-refractivity contribution in [1.82, 2.24) is 9.55 Å². The van der Waals surface area contributed by atoms with Gasteiger partial charge in [-0.15, -0.1) is 0 Å². The first-order valence-electron chi connectivity index (χ1n) is 11.6. The third kappa shape index (κ3) is 4.14. The van der Waals surface area contributed by atoms with Gasteiger partial charge in [-0.1, -0.05) is 42.1 Å². The van der Waals surface area contributed by atoms with Crippen LogP contribution in [0.2, 0.25) is 0 Å². The Balaban J connectivity index is 1.22. The number of aromatic nitrogens is 2. The first-order chi connectivity index (χ1) is 17.1. The fourth-order valence-corrected chi connectivity index (χ4v) is 5.44. The lowest BCUT2D eigenvalue weighted by Gasteiger charge is -2.21. The van der Waals surface area contributed by atoms with E-state index in [-0.39, 0.29) is 17.2 Å². The maximum absolute atomic E-state index is 13.3. The molecule has 176 valence electrons. The molecule has 1 aliphatic carbocycles. The number of carbonyl (C=O) groups is 1. The number of fused-ring (bicyclic) bond motifs is 2. The summed E-state index contributed by atoms with van der Waals surface area (Å²) in [6.45, 7) is 0. The summed E-state index contributed by atoms with van der Waals surface area (Å²) < 4.78 is 13.7. The van der Waals surface area contributed by atoms with Crippen molar-refractivity contribution in [1.29, 1.82) is 0 Å². The largest absolute Gasteiger partial charge is 0.448 e. The summed E-state index contributed by atoms with van der Waals surface area (Å²) in [7, 11) is 0. The number of para-hydroxylation sites is 2. The molecular formula is C27H23N3O4S. The molecule has 1 spiro atoms. The highest BCUT2D eigenvalue weighted by molar-refractivity contribution is 7.99. The molecule has 1 aliphatic heterocycles. The van der Waals surface area contributed by atoms with E-state index in [2.05, 4.69) is 10.3 Å². The molecule has 0 unspecified atom stereocenters. The van der Waals surface area contributed by atoms with Gasteiger partial charge in [-0.3, -0.25) is 14.2 Å². The van der Waals surface area contributed by atoms with Gasteiger partial charge in [-0.2, -0.15) is 0 Å². The summed E-state index contributed by atoms with van der Waals surface area (Å²) in [4.78, 5) is 30.8. The minimum atomic E-state index is -0.538. The van der Waals surface area contributed by atoms with Crippen LogP contribution in [0.5, 0.6) is 11.5 Å². The molecule has 1 N–H and O–H groups in total. The smallest absolute Gasteiger partial charge is 0.266 e. The quantitative estimate of drug-likeness (QED) is 0.311. The zero-order chi connectivity index (χ0) is 23.8. The van der Waals surface area contributed by atoms with E-state index >= 15 is 0 Å². The summed E-state index contributed by atoms with van der Waals surface area (Å²) >= 11 is 1.22. The molecule has 1 fully saturated rings. The molecule has 4 aromatic rings. The fraction of sp³-hybridized carbons (Fsp3) is 0.222. The van der Waals surface area contributed by atoms with Crippen LogP contribution in [0.15, 0.2) is 82.7 Å². The second-order valence-corrected chi connectivity index (χ2v) is 9.65. The predicted octanol–water partition coefficient (Wildman–Crippen LogP) is 5.16. The second kappa shape index (κ2) is 8.78. The van der Waals surface area contributed by atoms with Gasteiger partial charge in [0.2, 0.25) is 5.91 Å². The second-order valence-electron chi connectivity index (χ2n) is 8.71. The van der Waals surface area contributed by atoms with E-state index in [1.807, 2.05) is 54.6 Å². The maximum atomic E-state index is 13.3. The van der Waals surface area contributed by atoms with E-state index in [1.165, 1.54) is 11.8 Å². The number of rotatable bonds is 5. The highest BCUT2D eigenvalue weighted by Gasteiger charge is 2.44. The Morgan fingerprint density at radius 1 is 0.971 bits per heavy atom. The molecule has 7 nitrogen and oxygen atoms in total. The van der Waals surface area contributed by atoms with Crippen molar-refractivity contribution >= 4 is 34.3 Å². The Labute approximate surface area is 206 Å². The highest BCUT2D eigenvalue weighted by Crippen LogP contribution is 2.47. The number of nitrogens with zero attached hydrogens (tertiary/aromatic N) is 2. The minimum absolute atomic E-state index is 0.0932. The molecule has 1 saturated carbocycles. The average Bonchev–Trinajstić information content (AvgIpc) is 3.48. The lowest BCUT2D eigenvalue weighted by molar-refractivity contribution is -0.113. The first kappa shape index (κ1) is 21.7. The number of amides is 1. The summed E-state index contributed by atoms with van der Waals surface area (Å²) in [5.41, 5.74) is 1.78. The molecular weight excluding hydrogens is 462 g/mol. The van der Waals surface area contributed by atoms with Gasteiger partial charge in [0.1, 0.15) is 0 Å². The number of ether oxygens (including phenoxy) is 2. The number of hydrogen-bond donors (Lipinski definition) is 1. The zero-order valence-electron chi connectivity index (χ0n) is 18.9. The SMILES string of the molecule is O=C(CSc1nc2ccccc2c(=O)n1-c1ccccc1)Nc1ccc2c(c1)OC1(CCCC1)O2. The van der Waals surface area contributed by atoms with Crippen molar-refractivity contribution in [2.45, 2.75) is 36.6 Å². The van der Waals surface area contributed by atoms with Crippen LogP contribution in [-0.2, 0) is 4.79 Å². The summed E-state index contributed by atoms with van der Waals surface area (Å²) in [6.07, 6.45) is 3.93. The molecule has 0 saturated heterocycles. The van der Waals surface area contributed by atoms with Crippen molar-refractivity contribution in [3.8, 4) is 17.2 Å². The van der Waals surface area contributed by atoms with E-state index in [0.29, 0.717) is 38.9 Å². The number of anilines is 1. The molecule has 0 atom stereocenters. The Morgan fingerprint density at radius 3 is 2.54 bits per heavy atom. The van der Waals surface area contributed by atoms with Gasteiger partial charge in [-0.05, 0) is 49.2 Å². The molecule has 35 heavy (non-hydrogen) atoms. The minimum Gasteiger partial charge on any atom is -0.448 e. The van der Waals surface area contributed by atoms with Gasteiger partial charge >= 0.3 is 0 Å². The highest BCUT2D eigenvalue weighted by atomic mass is 32.2. The van der Waals surface area contributed by atoms with Crippen LogP contribution in [0.3, 0.4) is 0 Å². The van der Waals surface area contributed by atoms with Gasteiger partial charge in [0.15, 0.2) is 16.7 Å². The van der Waals surface area contributed by atoms with E-state index < -0.39 is 5.79 Å². The Kier molecular flexibility index (Phi) is 5.45. The molecule has 0 radical (unpaired) electrons. The van der Waals surface area contributed by atoms with Crippen LogP contribution in [0.25, 0.3) is 16.6 Å². The topological polar surface area (TPSA) is 82.5 Å². The van der Waals surface area contributed by atoms with Crippen molar-refractivity contribution in [2.24, 2.45) is 0 Å². The predicted molar refractivity (Wildman–Crippen MR) is 136 cm³/mol. The van der Waals surface area contributed by atoms with E-state index in [1.54, 1.807) is 22.8 Å². The third-order valence-corrected chi connectivity index (χ3v) is 7.22. The van der Waals surface area contributed by atoms with Gasteiger partial charge in [0, 0.05) is 24.6 Å². The first-order valence-corrected chi connectivity index (χ1v) is 12.6. The van der Waals surface area contributed by atoms with Crippen LogP contribution in [-0.4, -0.2) is 27.0 Å². The van der Waals surface area contributed by atoms with Crippen molar-refractivity contribution < 1.29 is 14.3 Å². The molecule has 3 aromatic carbocycles. The van der Waals surface area contributed by atoms with Crippen molar-refractivity contribution in [3.63, 3.8) is 0 Å². The van der Waals surface area contributed by atoms with Crippen LogP contribution >= 0.6 is 11.8 Å². The van der Waals surface area contributed by atoms with E-state index in [0.717, 1.165) is 25.7 Å². The van der Waals surface area contributed by atoms with Crippen molar-refractivity contribution in [3.05, 3.63) is 83.2 Å². The van der Waals surface area contributed by atoms with Gasteiger partial charge in [0.05, 0.1) is 22.3 Å². The molecule has 6 rings (SSSR count). The Bertz CT molecular complexity index is 1480. The number of nitrogens with one attached hydrogen (secondary N) is 1. The number of benzene rings is 3.